The highest BCUT2D eigenvalue weighted by Crippen LogP contribution is 2.32. The third-order valence-electron chi connectivity index (χ3n) is 4.69. The minimum atomic E-state index is 0.180. The smallest absolute Gasteiger partial charge is 0.233 e. The van der Waals surface area contributed by atoms with Gasteiger partial charge in [-0.3, -0.25) is 4.79 Å². The fourth-order valence-electron chi connectivity index (χ4n) is 3.01. The van der Waals surface area contributed by atoms with Gasteiger partial charge in [0.1, 0.15) is 5.75 Å². The van der Waals surface area contributed by atoms with E-state index in [1.165, 1.54) is 11.8 Å². The zero-order valence-corrected chi connectivity index (χ0v) is 17.3. The van der Waals surface area contributed by atoms with E-state index >= 15 is 0 Å². The topological polar surface area (TPSA) is 42.4 Å². The zero-order chi connectivity index (χ0) is 19.3. The number of rotatable bonds is 8. The van der Waals surface area contributed by atoms with E-state index in [9.17, 15) is 4.79 Å². The quantitative estimate of drug-likeness (QED) is 0.485. The van der Waals surface area contributed by atoms with Crippen molar-refractivity contribution in [2.75, 3.05) is 12.9 Å². The third kappa shape index (κ3) is 4.75. The Balaban J connectivity index is 1.36. The van der Waals surface area contributed by atoms with Gasteiger partial charge in [0.25, 0.3) is 0 Å². The van der Waals surface area contributed by atoms with Gasteiger partial charge >= 0.3 is 0 Å². The number of benzene rings is 2. The Labute approximate surface area is 173 Å². The molecule has 0 radical (unpaired) electrons. The Kier molecular flexibility index (Phi) is 5.98. The van der Waals surface area contributed by atoms with E-state index in [-0.39, 0.29) is 5.91 Å². The summed E-state index contributed by atoms with van der Waals surface area (Å²) >= 11 is 3.13. The van der Waals surface area contributed by atoms with E-state index in [0.29, 0.717) is 18.3 Å². The van der Waals surface area contributed by atoms with Crippen molar-refractivity contribution in [2.24, 2.45) is 0 Å². The van der Waals surface area contributed by atoms with Crippen molar-refractivity contribution < 1.29 is 9.53 Å². The molecule has 2 aromatic carbocycles. The van der Waals surface area contributed by atoms with Crippen LogP contribution >= 0.6 is 23.1 Å². The number of amides is 1. The molecule has 1 aromatic heterocycles. The number of thioether (sulfide) groups is 1. The summed E-state index contributed by atoms with van der Waals surface area (Å²) < 4.78 is 6.15. The second kappa shape index (κ2) is 8.80. The summed E-state index contributed by atoms with van der Waals surface area (Å²) in [4.78, 5) is 19.5. The second-order valence-corrected chi connectivity index (χ2v) is 8.83. The van der Waals surface area contributed by atoms with Gasteiger partial charge in [0.15, 0.2) is 4.34 Å². The molecule has 0 atom stereocenters. The van der Waals surface area contributed by atoms with Gasteiger partial charge in [-0.05, 0) is 30.5 Å². The Hall–Kier alpha value is -2.31. The van der Waals surface area contributed by atoms with Crippen LogP contribution in [-0.2, 0) is 11.3 Å². The van der Waals surface area contributed by atoms with E-state index in [1.54, 1.807) is 18.4 Å². The molecule has 1 aliphatic rings. The molecule has 4 rings (SSSR count). The number of carbonyl (C=O) groups is 1. The normalized spacial score (nSPS) is 13.3. The Bertz CT molecular complexity index is 921. The molecule has 0 spiro atoms. The molecule has 6 heteroatoms. The summed E-state index contributed by atoms with van der Waals surface area (Å²) in [7, 11) is 1.66. The molecule has 0 unspecified atom stereocenters. The molecule has 28 heavy (non-hydrogen) atoms. The number of thiazole rings is 1. The Morgan fingerprint density at radius 3 is 2.61 bits per heavy atom. The molecular weight excluding hydrogens is 388 g/mol. The highest BCUT2D eigenvalue weighted by atomic mass is 32.2. The molecule has 1 heterocycles. The van der Waals surface area contributed by atoms with Gasteiger partial charge in [-0.1, -0.05) is 54.2 Å². The summed E-state index contributed by atoms with van der Waals surface area (Å²) in [5, 5.41) is 2.05. The van der Waals surface area contributed by atoms with Crippen LogP contribution in [0.3, 0.4) is 0 Å². The van der Waals surface area contributed by atoms with Gasteiger partial charge in [0.2, 0.25) is 5.91 Å². The van der Waals surface area contributed by atoms with Gasteiger partial charge in [0.05, 0.1) is 18.6 Å². The van der Waals surface area contributed by atoms with Crippen molar-refractivity contribution >= 4 is 29.0 Å². The molecule has 0 N–H and O–H groups in total. The minimum Gasteiger partial charge on any atom is -0.497 e. The first-order chi connectivity index (χ1) is 13.7. The van der Waals surface area contributed by atoms with E-state index in [4.69, 9.17) is 4.74 Å². The van der Waals surface area contributed by atoms with Crippen LogP contribution in [0.1, 0.15) is 18.4 Å². The van der Waals surface area contributed by atoms with Crippen LogP contribution in [0.2, 0.25) is 0 Å². The lowest BCUT2D eigenvalue weighted by Gasteiger charge is -2.22. The monoisotopic (exact) mass is 410 g/mol. The Morgan fingerprint density at radius 1 is 1.18 bits per heavy atom. The minimum absolute atomic E-state index is 0.180. The summed E-state index contributed by atoms with van der Waals surface area (Å²) in [5.41, 5.74) is 3.21. The maximum absolute atomic E-state index is 12.9. The average Bonchev–Trinajstić information content (AvgIpc) is 3.48. The lowest BCUT2D eigenvalue weighted by molar-refractivity contribution is -0.129. The van der Waals surface area contributed by atoms with Crippen LogP contribution in [-0.4, -0.2) is 34.7 Å². The van der Waals surface area contributed by atoms with Gasteiger partial charge in [-0.15, -0.1) is 11.3 Å². The predicted molar refractivity (Wildman–Crippen MR) is 115 cm³/mol. The van der Waals surface area contributed by atoms with Crippen molar-refractivity contribution in [1.82, 2.24) is 9.88 Å². The third-order valence-corrected chi connectivity index (χ3v) is 6.70. The van der Waals surface area contributed by atoms with E-state index in [1.807, 2.05) is 47.4 Å². The van der Waals surface area contributed by atoms with Crippen molar-refractivity contribution in [3.05, 3.63) is 65.5 Å². The van der Waals surface area contributed by atoms with E-state index < -0.39 is 0 Å². The molecule has 4 nitrogen and oxygen atoms in total. The van der Waals surface area contributed by atoms with E-state index in [0.717, 1.165) is 39.8 Å². The largest absolute Gasteiger partial charge is 0.497 e. The zero-order valence-electron chi connectivity index (χ0n) is 15.7. The number of ether oxygens (including phenoxy) is 1. The molecule has 0 saturated heterocycles. The number of aromatic nitrogens is 1. The van der Waals surface area contributed by atoms with Crippen molar-refractivity contribution in [1.29, 1.82) is 0 Å². The molecule has 1 saturated carbocycles. The van der Waals surface area contributed by atoms with Crippen LogP contribution in [0, 0.1) is 0 Å². The SMILES string of the molecule is COc1ccc(CN(C(=O)CSc2nc(-c3ccccc3)cs2)C2CC2)cc1. The summed E-state index contributed by atoms with van der Waals surface area (Å²) in [5.74, 6) is 1.44. The van der Waals surface area contributed by atoms with Crippen molar-refractivity contribution in [2.45, 2.75) is 29.8 Å². The summed E-state index contributed by atoms with van der Waals surface area (Å²) in [6.45, 7) is 0.654. The Morgan fingerprint density at radius 2 is 1.93 bits per heavy atom. The van der Waals surface area contributed by atoms with Crippen LogP contribution in [0.25, 0.3) is 11.3 Å². The van der Waals surface area contributed by atoms with Gasteiger partial charge < -0.3 is 9.64 Å². The molecule has 0 aliphatic heterocycles. The van der Waals surface area contributed by atoms with E-state index in [2.05, 4.69) is 22.5 Å². The van der Waals surface area contributed by atoms with Crippen LogP contribution < -0.4 is 4.74 Å². The fraction of sp³-hybridized carbons (Fsp3) is 0.273. The van der Waals surface area contributed by atoms with Gasteiger partial charge in [0, 0.05) is 23.5 Å². The molecule has 1 aliphatic carbocycles. The first-order valence-electron chi connectivity index (χ1n) is 9.29. The highest BCUT2D eigenvalue weighted by Gasteiger charge is 2.32. The number of methoxy groups -OCH3 is 1. The number of hydrogen-bond donors (Lipinski definition) is 0. The molecule has 144 valence electrons. The number of nitrogens with zero attached hydrogens (tertiary/aromatic N) is 2. The first kappa shape index (κ1) is 19.0. The number of hydrogen-bond acceptors (Lipinski definition) is 5. The van der Waals surface area contributed by atoms with Gasteiger partial charge in [-0.25, -0.2) is 4.98 Å². The van der Waals surface area contributed by atoms with Crippen molar-refractivity contribution in [3.8, 4) is 17.0 Å². The molecule has 0 bridgehead atoms. The van der Waals surface area contributed by atoms with Crippen LogP contribution in [0.5, 0.6) is 5.75 Å². The molecular formula is C22H22N2O2S2. The average molecular weight is 411 g/mol. The lowest BCUT2D eigenvalue weighted by Crippen LogP contribution is -2.33. The maximum Gasteiger partial charge on any atom is 0.233 e. The predicted octanol–water partition coefficient (Wildman–Crippen LogP) is 5.10. The molecule has 3 aromatic rings. The fourth-order valence-corrected chi connectivity index (χ4v) is 4.73. The summed E-state index contributed by atoms with van der Waals surface area (Å²) in [6, 6.07) is 18.5. The summed E-state index contributed by atoms with van der Waals surface area (Å²) in [6.07, 6.45) is 2.20. The lowest BCUT2D eigenvalue weighted by atomic mass is 10.2. The number of carbonyl (C=O) groups excluding carboxylic acids is 1. The van der Waals surface area contributed by atoms with Crippen LogP contribution in [0.15, 0.2) is 64.3 Å². The second-order valence-electron chi connectivity index (χ2n) is 6.75. The molecule has 1 fully saturated rings. The highest BCUT2D eigenvalue weighted by molar-refractivity contribution is 8.01. The molecule has 1 amide bonds. The maximum atomic E-state index is 12.9. The van der Waals surface area contributed by atoms with Crippen LogP contribution in [0.4, 0.5) is 0 Å². The van der Waals surface area contributed by atoms with Gasteiger partial charge in [-0.2, -0.15) is 0 Å². The first-order valence-corrected chi connectivity index (χ1v) is 11.2. The van der Waals surface area contributed by atoms with Crippen molar-refractivity contribution in [3.63, 3.8) is 0 Å². The standard InChI is InChI=1S/C22H22N2O2S2/c1-26-19-11-7-16(8-12-19)13-24(18-9-10-18)21(25)15-28-22-23-20(14-27-22)17-5-3-2-4-6-17/h2-8,11-12,14,18H,9-10,13,15H2,1H3.